The lowest BCUT2D eigenvalue weighted by Gasteiger charge is -2.10. The molecule has 1 aliphatic heterocycles. The fraction of sp³-hybridized carbons (Fsp3) is 0.211. The molecule has 1 amide bonds. The second kappa shape index (κ2) is 7.95. The first-order valence-electron chi connectivity index (χ1n) is 8.77. The van der Waals surface area contributed by atoms with Crippen LogP contribution in [0.5, 0.6) is 11.5 Å². The molecule has 0 radical (unpaired) electrons. The number of nitrogens with zero attached hydrogens (tertiary/aromatic N) is 3. The Balaban J connectivity index is 1.39. The number of ketones is 1. The van der Waals surface area contributed by atoms with Crippen molar-refractivity contribution in [3.8, 4) is 22.1 Å². The van der Waals surface area contributed by atoms with E-state index in [1.165, 1.54) is 30.4 Å². The lowest BCUT2D eigenvalue weighted by atomic mass is 10.1. The van der Waals surface area contributed by atoms with E-state index < -0.39 is 18.5 Å². The van der Waals surface area contributed by atoms with E-state index in [0.29, 0.717) is 16.5 Å². The average molecular weight is 428 g/mol. The van der Waals surface area contributed by atoms with Crippen LogP contribution in [0.2, 0.25) is 0 Å². The van der Waals surface area contributed by atoms with Crippen molar-refractivity contribution in [3.05, 3.63) is 41.2 Å². The number of benzene rings is 1. The van der Waals surface area contributed by atoms with Crippen molar-refractivity contribution in [1.29, 1.82) is 0 Å². The molecule has 2 aromatic heterocycles. The van der Waals surface area contributed by atoms with E-state index in [1.54, 1.807) is 29.5 Å². The van der Waals surface area contributed by atoms with Crippen LogP contribution < -0.4 is 14.8 Å². The number of thiazole rings is 1. The highest BCUT2D eigenvalue weighted by Crippen LogP contribution is 2.37. The van der Waals surface area contributed by atoms with Gasteiger partial charge in [-0.1, -0.05) is 0 Å². The maximum atomic E-state index is 12.3. The zero-order valence-corrected chi connectivity index (χ0v) is 16.8. The highest BCUT2D eigenvalue weighted by atomic mass is 32.1. The Morgan fingerprint density at radius 2 is 2.03 bits per heavy atom. The van der Waals surface area contributed by atoms with Crippen LogP contribution in [0, 0.1) is 0 Å². The molecule has 3 heterocycles. The number of aromatic nitrogens is 3. The lowest BCUT2D eigenvalue weighted by molar-refractivity contribution is -0.119. The number of hydrogen-bond donors (Lipinski definition) is 1. The van der Waals surface area contributed by atoms with Crippen molar-refractivity contribution >= 4 is 34.7 Å². The fourth-order valence-corrected chi connectivity index (χ4v) is 3.52. The van der Waals surface area contributed by atoms with Gasteiger partial charge in [0.2, 0.25) is 6.79 Å². The molecule has 1 aliphatic rings. The minimum Gasteiger partial charge on any atom is -0.454 e. The third-order valence-electron chi connectivity index (χ3n) is 4.17. The van der Waals surface area contributed by atoms with E-state index >= 15 is 0 Å². The molecular formula is C19H16N4O6S. The summed E-state index contributed by atoms with van der Waals surface area (Å²) in [6.07, 6.45) is 3.42. The van der Waals surface area contributed by atoms with Gasteiger partial charge in [0.05, 0.1) is 11.9 Å². The maximum absolute atomic E-state index is 12.3. The number of fused-ring (bicyclic) bond motifs is 1. The summed E-state index contributed by atoms with van der Waals surface area (Å²) in [5.41, 5.74) is 1.39. The first-order valence-corrected chi connectivity index (χ1v) is 9.65. The van der Waals surface area contributed by atoms with E-state index in [0.717, 1.165) is 5.56 Å². The molecule has 4 rings (SSSR count). The number of anilines is 1. The molecule has 0 saturated heterocycles. The monoisotopic (exact) mass is 428 g/mol. The normalized spacial score (nSPS) is 11.9. The molecule has 0 aliphatic carbocycles. The number of rotatable bonds is 6. The minimum absolute atomic E-state index is 0.0381. The van der Waals surface area contributed by atoms with Crippen LogP contribution in [-0.4, -0.2) is 45.8 Å². The van der Waals surface area contributed by atoms with Crippen LogP contribution in [0.25, 0.3) is 10.6 Å². The molecule has 0 unspecified atom stereocenters. The van der Waals surface area contributed by atoms with E-state index in [1.807, 2.05) is 0 Å². The van der Waals surface area contributed by atoms with Gasteiger partial charge in [0.25, 0.3) is 5.91 Å². The lowest BCUT2D eigenvalue weighted by Crippen LogP contribution is -2.22. The van der Waals surface area contributed by atoms with E-state index in [-0.39, 0.29) is 29.5 Å². The summed E-state index contributed by atoms with van der Waals surface area (Å²) in [6, 6.07) is 3.00. The van der Waals surface area contributed by atoms with Gasteiger partial charge in [-0.15, -0.1) is 11.3 Å². The maximum Gasteiger partial charge on any atom is 0.358 e. The van der Waals surface area contributed by atoms with Gasteiger partial charge in [-0.3, -0.25) is 14.3 Å². The van der Waals surface area contributed by atoms with Gasteiger partial charge in [-0.25, -0.2) is 9.78 Å². The van der Waals surface area contributed by atoms with E-state index in [4.69, 9.17) is 14.2 Å². The molecule has 1 aromatic carbocycles. The molecule has 30 heavy (non-hydrogen) atoms. The minimum atomic E-state index is -0.728. The number of esters is 1. The summed E-state index contributed by atoms with van der Waals surface area (Å²) in [5, 5.41) is 8.79. The van der Waals surface area contributed by atoms with E-state index in [9.17, 15) is 14.4 Å². The zero-order chi connectivity index (χ0) is 21.3. The Kier molecular flexibility index (Phi) is 5.19. The SMILES string of the molecule is CC(=O)c1cc2c(cc1NC(=O)COC(=O)c1csc(-c3cnn(C)c3)n1)OCO2. The fourth-order valence-electron chi connectivity index (χ4n) is 2.76. The number of ether oxygens (including phenoxy) is 3. The molecule has 0 spiro atoms. The van der Waals surface area contributed by atoms with Gasteiger partial charge in [-0.05, 0) is 13.0 Å². The molecule has 154 valence electrons. The number of carbonyl (C=O) groups is 3. The van der Waals surface area contributed by atoms with Crippen molar-refractivity contribution in [1.82, 2.24) is 14.8 Å². The van der Waals surface area contributed by atoms with Gasteiger partial charge in [0.1, 0.15) is 5.01 Å². The highest BCUT2D eigenvalue weighted by Gasteiger charge is 2.21. The number of nitrogens with one attached hydrogen (secondary N) is 1. The first kappa shape index (κ1) is 19.6. The van der Waals surface area contributed by atoms with Crippen molar-refractivity contribution in [2.24, 2.45) is 7.05 Å². The average Bonchev–Trinajstić information content (AvgIpc) is 3.45. The number of hydrogen-bond acceptors (Lipinski definition) is 9. The predicted molar refractivity (Wildman–Crippen MR) is 106 cm³/mol. The van der Waals surface area contributed by atoms with Gasteiger partial charge in [0.15, 0.2) is 29.6 Å². The number of aryl methyl sites for hydroxylation is 1. The molecule has 1 N–H and O–H groups in total. The molecule has 3 aromatic rings. The van der Waals surface area contributed by atoms with Crippen LogP contribution in [0.1, 0.15) is 27.8 Å². The second-order valence-electron chi connectivity index (χ2n) is 6.37. The smallest absolute Gasteiger partial charge is 0.358 e. The standard InChI is InChI=1S/C19H16N4O6S/c1-10(24)12-3-15-16(29-9-28-15)4-13(12)21-17(25)7-27-19(26)14-8-30-18(22-14)11-5-20-23(2)6-11/h3-6,8H,7,9H2,1-2H3,(H,21,25). The molecule has 0 atom stereocenters. The summed E-state index contributed by atoms with van der Waals surface area (Å²) in [6.45, 7) is 0.871. The number of carbonyl (C=O) groups excluding carboxylic acids is 3. The summed E-state index contributed by atoms with van der Waals surface area (Å²) in [4.78, 5) is 40.6. The Bertz CT molecular complexity index is 1150. The quantitative estimate of drug-likeness (QED) is 0.469. The van der Waals surface area contributed by atoms with Crippen LogP contribution in [0.15, 0.2) is 29.9 Å². The third-order valence-corrected chi connectivity index (χ3v) is 5.06. The van der Waals surface area contributed by atoms with Crippen molar-refractivity contribution < 1.29 is 28.6 Å². The zero-order valence-electron chi connectivity index (χ0n) is 16.0. The number of amides is 1. The topological polar surface area (TPSA) is 122 Å². The van der Waals surface area contributed by atoms with Crippen LogP contribution >= 0.6 is 11.3 Å². The molecule has 0 bridgehead atoms. The summed E-state index contributed by atoms with van der Waals surface area (Å²) >= 11 is 1.27. The summed E-state index contributed by atoms with van der Waals surface area (Å²) in [7, 11) is 1.78. The Morgan fingerprint density at radius 3 is 2.73 bits per heavy atom. The Hall–Kier alpha value is -3.73. The largest absolute Gasteiger partial charge is 0.454 e. The summed E-state index contributed by atoms with van der Waals surface area (Å²) < 4.78 is 17.2. The predicted octanol–water partition coefficient (Wildman–Crippen LogP) is 2.27. The van der Waals surface area contributed by atoms with Gasteiger partial charge in [-0.2, -0.15) is 5.10 Å². The van der Waals surface area contributed by atoms with Crippen LogP contribution in [0.4, 0.5) is 5.69 Å². The van der Waals surface area contributed by atoms with Gasteiger partial charge >= 0.3 is 5.97 Å². The van der Waals surface area contributed by atoms with Crippen molar-refractivity contribution in [3.63, 3.8) is 0 Å². The molecular weight excluding hydrogens is 412 g/mol. The summed E-state index contributed by atoms with van der Waals surface area (Å²) in [5.74, 6) is -0.747. The highest BCUT2D eigenvalue weighted by molar-refractivity contribution is 7.13. The van der Waals surface area contributed by atoms with Gasteiger partial charge < -0.3 is 19.5 Å². The molecule has 10 nitrogen and oxygen atoms in total. The number of Topliss-reactive ketones (excluding diaryl/α,β-unsaturated/α-hetero) is 1. The van der Waals surface area contributed by atoms with Crippen molar-refractivity contribution in [2.45, 2.75) is 6.92 Å². The third kappa shape index (κ3) is 4.01. The molecule has 0 saturated carbocycles. The molecule has 11 heteroatoms. The second-order valence-corrected chi connectivity index (χ2v) is 7.23. The first-order chi connectivity index (χ1) is 14.4. The van der Waals surface area contributed by atoms with Crippen LogP contribution in [0.3, 0.4) is 0 Å². The Labute approximate surface area is 174 Å². The Morgan fingerprint density at radius 1 is 1.27 bits per heavy atom. The van der Waals surface area contributed by atoms with Crippen LogP contribution in [-0.2, 0) is 16.6 Å². The van der Waals surface area contributed by atoms with Gasteiger partial charge in [0, 0.05) is 35.8 Å². The van der Waals surface area contributed by atoms with Crippen molar-refractivity contribution in [2.75, 3.05) is 18.7 Å². The molecule has 0 fully saturated rings. The van der Waals surface area contributed by atoms with E-state index in [2.05, 4.69) is 15.4 Å².